The second kappa shape index (κ2) is 5.89. The number of hydrogen-bond acceptors (Lipinski definition) is 3. The van der Waals surface area contributed by atoms with Gasteiger partial charge in [-0.2, -0.15) is 0 Å². The molecule has 0 bridgehead atoms. The minimum atomic E-state index is -0.571. The molecule has 2 rings (SSSR count). The lowest BCUT2D eigenvalue weighted by molar-refractivity contribution is 0.103. The molecule has 0 heterocycles. The molecule has 0 amide bonds. The van der Waals surface area contributed by atoms with Crippen LogP contribution in [0.1, 0.15) is 15.9 Å². The highest BCUT2D eigenvalue weighted by Gasteiger charge is 2.14. The summed E-state index contributed by atoms with van der Waals surface area (Å²) in [5.74, 6) is -0.502. The Balaban J connectivity index is 2.32. The summed E-state index contributed by atoms with van der Waals surface area (Å²) in [5.41, 5.74) is 0.527. The van der Waals surface area contributed by atoms with Gasteiger partial charge in [0.15, 0.2) is 5.78 Å². The lowest BCUT2D eigenvalue weighted by Gasteiger charge is -2.05. The van der Waals surface area contributed by atoms with E-state index in [-0.39, 0.29) is 11.3 Å². The van der Waals surface area contributed by atoms with E-state index < -0.39 is 5.82 Å². The van der Waals surface area contributed by atoms with Gasteiger partial charge in [0, 0.05) is 16.5 Å². The first-order valence-electron chi connectivity index (χ1n) is 5.68. The summed E-state index contributed by atoms with van der Waals surface area (Å²) in [5, 5.41) is 0. The fourth-order valence-electron chi connectivity index (χ4n) is 1.70. The zero-order chi connectivity index (χ0) is 13.8. The molecule has 0 unspecified atom stereocenters. The van der Waals surface area contributed by atoms with Gasteiger partial charge in [-0.1, -0.05) is 0 Å². The van der Waals surface area contributed by atoms with Crippen molar-refractivity contribution in [1.29, 1.82) is 0 Å². The second-order valence-electron chi connectivity index (χ2n) is 3.90. The van der Waals surface area contributed by atoms with Gasteiger partial charge >= 0.3 is 0 Å². The highest BCUT2D eigenvalue weighted by Crippen LogP contribution is 2.21. The van der Waals surface area contributed by atoms with Crippen molar-refractivity contribution in [3.8, 4) is 5.75 Å². The van der Waals surface area contributed by atoms with Gasteiger partial charge in [0.05, 0.1) is 12.7 Å². The first-order valence-corrected chi connectivity index (χ1v) is 6.90. The summed E-state index contributed by atoms with van der Waals surface area (Å²) in [6.45, 7) is 0. The Morgan fingerprint density at radius 3 is 2.37 bits per heavy atom. The molecule has 0 fully saturated rings. The SMILES string of the molecule is COc1ccc(C(=O)c2ccc(SC)cc2)c(F)c1. The summed E-state index contributed by atoms with van der Waals surface area (Å²) < 4.78 is 18.7. The first kappa shape index (κ1) is 13.6. The van der Waals surface area contributed by atoms with E-state index in [0.717, 1.165) is 4.90 Å². The van der Waals surface area contributed by atoms with Crippen LogP contribution in [0.3, 0.4) is 0 Å². The minimum Gasteiger partial charge on any atom is -0.497 e. The van der Waals surface area contributed by atoms with E-state index in [1.54, 1.807) is 30.0 Å². The van der Waals surface area contributed by atoms with Crippen molar-refractivity contribution in [3.05, 3.63) is 59.4 Å². The Kier molecular flexibility index (Phi) is 4.22. The van der Waals surface area contributed by atoms with Gasteiger partial charge in [-0.15, -0.1) is 11.8 Å². The van der Waals surface area contributed by atoms with Gasteiger partial charge < -0.3 is 4.74 Å². The fourth-order valence-corrected chi connectivity index (χ4v) is 2.11. The Labute approximate surface area is 115 Å². The number of rotatable bonds is 4. The Morgan fingerprint density at radius 1 is 1.16 bits per heavy atom. The second-order valence-corrected chi connectivity index (χ2v) is 4.78. The molecule has 0 spiro atoms. The van der Waals surface area contributed by atoms with E-state index in [1.807, 2.05) is 18.4 Å². The number of carbonyl (C=O) groups excluding carboxylic acids is 1. The topological polar surface area (TPSA) is 26.3 Å². The van der Waals surface area contributed by atoms with Gasteiger partial charge in [-0.05, 0) is 42.7 Å². The van der Waals surface area contributed by atoms with Gasteiger partial charge in [-0.3, -0.25) is 4.79 Å². The van der Waals surface area contributed by atoms with Gasteiger partial charge in [0.25, 0.3) is 0 Å². The fraction of sp³-hybridized carbons (Fsp3) is 0.133. The van der Waals surface area contributed by atoms with Crippen LogP contribution >= 0.6 is 11.8 Å². The average molecular weight is 276 g/mol. The van der Waals surface area contributed by atoms with Crippen LogP contribution in [0, 0.1) is 5.82 Å². The molecule has 98 valence electrons. The van der Waals surface area contributed by atoms with Crippen LogP contribution in [-0.2, 0) is 0 Å². The molecule has 2 nitrogen and oxygen atoms in total. The molecule has 0 radical (unpaired) electrons. The first-order chi connectivity index (χ1) is 9.15. The molecule has 0 aliphatic rings. The smallest absolute Gasteiger partial charge is 0.195 e. The van der Waals surface area contributed by atoms with Crippen molar-refractivity contribution < 1.29 is 13.9 Å². The summed E-state index contributed by atoms with van der Waals surface area (Å²) in [7, 11) is 1.46. The van der Waals surface area contributed by atoms with Crippen LogP contribution in [-0.4, -0.2) is 19.1 Å². The zero-order valence-corrected chi connectivity index (χ0v) is 11.5. The Hall–Kier alpha value is -1.81. The molecular formula is C15H13FO2S. The molecule has 0 aliphatic heterocycles. The number of carbonyl (C=O) groups is 1. The lowest BCUT2D eigenvalue weighted by atomic mass is 10.0. The van der Waals surface area contributed by atoms with Crippen molar-refractivity contribution in [2.24, 2.45) is 0 Å². The minimum absolute atomic E-state index is 0.0534. The van der Waals surface area contributed by atoms with Crippen LogP contribution in [0.5, 0.6) is 5.75 Å². The summed E-state index contributed by atoms with van der Waals surface area (Å²) in [6.07, 6.45) is 1.96. The van der Waals surface area contributed by atoms with E-state index in [9.17, 15) is 9.18 Å². The third-order valence-corrected chi connectivity index (χ3v) is 3.52. The molecule has 19 heavy (non-hydrogen) atoms. The number of halogens is 1. The third-order valence-electron chi connectivity index (χ3n) is 2.77. The zero-order valence-electron chi connectivity index (χ0n) is 10.6. The number of hydrogen-bond donors (Lipinski definition) is 0. The monoisotopic (exact) mass is 276 g/mol. The maximum atomic E-state index is 13.8. The van der Waals surface area contributed by atoms with E-state index in [4.69, 9.17) is 4.74 Å². The number of methoxy groups -OCH3 is 1. The maximum Gasteiger partial charge on any atom is 0.195 e. The standard InChI is InChI=1S/C15H13FO2S/c1-18-11-5-8-13(14(16)9-11)15(17)10-3-6-12(19-2)7-4-10/h3-9H,1-2H3. The molecule has 2 aromatic rings. The largest absolute Gasteiger partial charge is 0.497 e. The predicted molar refractivity (Wildman–Crippen MR) is 74.6 cm³/mol. The van der Waals surface area contributed by atoms with E-state index in [1.165, 1.54) is 19.2 Å². The molecule has 0 aromatic heterocycles. The van der Waals surface area contributed by atoms with Crippen LogP contribution in [0.2, 0.25) is 0 Å². The highest BCUT2D eigenvalue weighted by molar-refractivity contribution is 7.98. The van der Waals surface area contributed by atoms with Crippen LogP contribution < -0.4 is 4.74 Å². The lowest BCUT2D eigenvalue weighted by Crippen LogP contribution is -2.04. The van der Waals surface area contributed by atoms with Crippen molar-refractivity contribution in [1.82, 2.24) is 0 Å². The van der Waals surface area contributed by atoms with Crippen molar-refractivity contribution >= 4 is 17.5 Å². The molecule has 4 heteroatoms. The van der Waals surface area contributed by atoms with E-state index in [2.05, 4.69) is 0 Å². The molecular weight excluding hydrogens is 263 g/mol. The van der Waals surface area contributed by atoms with Crippen molar-refractivity contribution in [2.45, 2.75) is 4.90 Å². The van der Waals surface area contributed by atoms with Crippen LogP contribution in [0.15, 0.2) is 47.4 Å². The quantitative estimate of drug-likeness (QED) is 0.628. The third kappa shape index (κ3) is 2.96. The Morgan fingerprint density at radius 2 is 1.84 bits per heavy atom. The molecule has 0 N–H and O–H groups in total. The van der Waals surface area contributed by atoms with Crippen LogP contribution in [0.25, 0.3) is 0 Å². The number of ether oxygens (including phenoxy) is 1. The predicted octanol–water partition coefficient (Wildman–Crippen LogP) is 3.79. The molecule has 2 aromatic carbocycles. The molecule has 0 saturated carbocycles. The number of ketones is 1. The summed E-state index contributed by atoms with van der Waals surface area (Å²) in [6, 6.07) is 11.3. The van der Waals surface area contributed by atoms with Crippen molar-refractivity contribution in [2.75, 3.05) is 13.4 Å². The normalized spacial score (nSPS) is 10.3. The summed E-state index contributed by atoms with van der Waals surface area (Å²) in [4.78, 5) is 13.2. The van der Waals surface area contributed by atoms with Gasteiger partial charge in [-0.25, -0.2) is 4.39 Å². The number of benzene rings is 2. The van der Waals surface area contributed by atoms with Gasteiger partial charge in [0.1, 0.15) is 11.6 Å². The highest BCUT2D eigenvalue weighted by atomic mass is 32.2. The molecule has 0 atom stereocenters. The average Bonchev–Trinajstić information content (AvgIpc) is 2.46. The molecule has 0 saturated heterocycles. The van der Waals surface area contributed by atoms with E-state index >= 15 is 0 Å². The maximum absolute atomic E-state index is 13.8. The summed E-state index contributed by atoms with van der Waals surface area (Å²) >= 11 is 1.59. The number of thioether (sulfide) groups is 1. The Bertz CT molecular complexity index is 594. The van der Waals surface area contributed by atoms with Gasteiger partial charge in [0.2, 0.25) is 0 Å². The molecule has 0 aliphatic carbocycles. The van der Waals surface area contributed by atoms with E-state index in [0.29, 0.717) is 11.3 Å². The van der Waals surface area contributed by atoms with Crippen molar-refractivity contribution in [3.63, 3.8) is 0 Å². The van der Waals surface area contributed by atoms with Crippen LogP contribution in [0.4, 0.5) is 4.39 Å².